The van der Waals surface area contributed by atoms with Gasteiger partial charge in [-0.05, 0) is 26.4 Å². The van der Waals surface area contributed by atoms with Crippen molar-refractivity contribution < 1.29 is 4.74 Å². The summed E-state index contributed by atoms with van der Waals surface area (Å²) in [6.07, 6.45) is 5.41. The Balaban J connectivity index is 2.18. The Kier molecular flexibility index (Phi) is 5.33. The van der Waals surface area contributed by atoms with Crippen LogP contribution in [0.3, 0.4) is 0 Å². The van der Waals surface area contributed by atoms with Crippen LogP contribution in [0, 0.1) is 0 Å². The quantitative estimate of drug-likeness (QED) is 0.737. The van der Waals surface area contributed by atoms with Crippen LogP contribution < -0.4 is 10.1 Å². The van der Waals surface area contributed by atoms with Gasteiger partial charge in [0.2, 0.25) is 0 Å². The lowest BCUT2D eigenvalue weighted by Gasteiger charge is -2.05. The van der Waals surface area contributed by atoms with E-state index in [9.17, 15) is 0 Å². The maximum atomic E-state index is 5.75. The van der Waals surface area contributed by atoms with E-state index in [2.05, 4.69) is 10.3 Å². The molecule has 78 valence electrons. The SMILES string of the molecule is CNCCCCOc1cncc(Cl)c1. The van der Waals surface area contributed by atoms with Crippen LogP contribution in [0.1, 0.15) is 12.8 Å². The van der Waals surface area contributed by atoms with Crippen molar-refractivity contribution in [3.63, 3.8) is 0 Å². The van der Waals surface area contributed by atoms with E-state index in [1.165, 1.54) is 0 Å². The summed E-state index contributed by atoms with van der Waals surface area (Å²) in [5, 5.41) is 3.70. The van der Waals surface area contributed by atoms with Crippen LogP contribution in [-0.2, 0) is 0 Å². The molecule has 1 N–H and O–H groups in total. The number of nitrogens with zero attached hydrogens (tertiary/aromatic N) is 1. The van der Waals surface area contributed by atoms with Gasteiger partial charge in [0.05, 0.1) is 17.8 Å². The van der Waals surface area contributed by atoms with Gasteiger partial charge < -0.3 is 10.1 Å². The van der Waals surface area contributed by atoms with Crippen LogP contribution in [0.15, 0.2) is 18.5 Å². The lowest BCUT2D eigenvalue weighted by molar-refractivity contribution is 0.305. The van der Waals surface area contributed by atoms with Crippen LogP contribution in [0.2, 0.25) is 5.02 Å². The number of pyridine rings is 1. The normalized spacial score (nSPS) is 10.1. The van der Waals surface area contributed by atoms with Gasteiger partial charge >= 0.3 is 0 Å². The predicted molar refractivity (Wildman–Crippen MR) is 57.9 cm³/mol. The first kappa shape index (κ1) is 11.3. The summed E-state index contributed by atoms with van der Waals surface area (Å²) in [6.45, 7) is 1.74. The van der Waals surface area contributed by atoms with E-state index in [1.54, 1.807) is 18.5 Å². The molecule has 0 saturated heterocycles. The third kappa shape index (κ3) is 4.44. The number of unbranched alkanes of at least 4 members (excludes halogenated alkanes) is 1. The molecule has 0 aliphatic heterocycles. The zero-order valence-corrected chi connectivity index (χ0v) is 9.05. The second-order valence-corrected chi connectivity index (χ2v) is 3.43. The van der Waals surface area contributed by atoms with Crippen molar-refractivity contribution in [1.82, 2.24) is 10.3 Å². The molecule has 1 aromatic rings. The van der Waals surface area contributed by atoms with E-state index in [-0.39, 0.29) is 0 Å². The number of hydrogen-bond acceptors (Lipinski definition) is 3. The Labute approximate surface area is 89.4 Å². The molecule has 0 aliphatic rings. The van der Waals surface area contributed by atoms with Crippen LogP contribution in [0.25, 0.3) is 0 Å². The summed E-state index contributed by atoms with van der Waals surface area (Å²) in [5.41, 5.74) is 0. The zero-order valence-electron chi connectivity index (χ0n) is 8.29. The Morgan fingerprint density at radius 3 is 3.00 bits per heavy atom. The van der Waals surface area contributed by atoms with Gasteiger partial charge in [0.25, 0.3) is 0 Å². The lowest BCUT2D eigenvalue weighted by Crippen LogP contribution is -2.09. The zero-order chi connectivity index (χ0) is 10.2. The average Bonchev–Trinajstić information content (AvgIpc) is 2.18. The third-order valence-electron chi connectivity index (χ3n) is 1.77. The van der Waals surface area contributed by atoms with Gasteiger partial charge in [-0.15, -0.1) is 0 Å². The van der Waals surface area contributed by atoms with Crippen molar-refractivity contribution in [1.29, 1.82) is 0 Å². The number of halogens is 1. The topological polar surface area (TPSA) is 34.1 Å². The fourth-order valence-electron chi connectivity index (χ4n) is 1.07. The van der Waals surface area contributed by atoms with Gasteiger partial charge in [-0.25, -0.2) is 0 Å². The molecule has 0 saturated carbocycles. The molecule has 0 aromatic carbocycles. The van der Waals surface area contributed by atoms with Crippen LogP contribution in [0.4, 0.5) is 0 Å². The first-order valence-corrected chi connectivity index (χ1v) is 5.08. The Morgan fingerprint density at radius 1 is 1.43 bits per heavy atom. The summed E-state index contributed by atoms with van der Waals surface area (Å²) >= 11 is 5.75. The van der Waals surface area contributed by atoms with E-state index in [0.717, 1.165) is 25.1 Å². The van der Waals surface area contributed by atoms with Crippen LogP contribution in [-0.4, -0.2) is 25.2 Å². The second-order valence-electron chi connectivity index (χ2n) is 3.00. The molecule has 0 radical (unpaired) electrons. The highest BCUT2D eigenvalue weighted by atomic mass is 35.5. The largest absolute Gasteiger partial charge is 0.492 e. The lowest BCUT2D eigenvalue weighted by atomic mass is 10.3. The number of aromatic nitrogens is 1. The first-order valence-electron chi connectivity index (χ1n) is 4.71. The van der Waals surface area contributed by atoms with Crippen molar-refractivity contribution in [3.05, 3.63) is 23.5 Å². The molecule has 0 amide bonds. The number of ether oxygens (including phenoxy) is 1. The first-order chi connectivity index (χ1) is 6.83. The summed E-state index contributed by atoms with van der Waals surface area (Å²) in [4.78, 5) is 3.93. The standard InChI is InChI=1S/C10H15ClN2O/c1-12-4-2-3-5-14-10-6-9(11)7-13-8-10/h6-8,12H,2-5H2,1H3. The van der Waals surface area contributed by atoms with Gasteiger partial charge in [0.1, 0.15) is 5.75 Å². The molecule has 0 bridgehead atoms. The Hall–Kier alpha value is -0.800. The molecule has 0 aliphatic carbocycles. The average molecular weight is 215 g/mol. The second kappa shape index (κ2) is 6.62. The summed E-state index contributed by atoms with van der Waals surface area (Å²) < 4.78 is 5.46. The van der Waals surface area contributed by atoms with E-state index in [0.29, 0.717) is 11.6 Å². The highest BCUT2D eigenvalue weighted by molar-refractivity contribution is 6.30. The van der Waals surface area contributed by atoms with E-state index in [4.69, 9.17) is 16.3 Å². The molecule has 0 fully saturated rings. The van der Waals surface area contributed by atoms with Crippen molar-refractivity contribution in [2.75, 3.05) is 20.2 Å². The van der Waals surface area contributed by atoms with Gasteiger partial charge in [0, 0.05) is 12.3 Å². The van der Waals surface area contributed by atoms with Crippen LogP contribution in [0.5, 0.6) is 5.75 Å². The number of rotatable bonds is 6. The highest BCUT2D eigenvalue weighted by Gasteiger charge is 1.95. The minimum atomic E-state index is 0.609. The summed E-state index contributed by atoms with van der Waals surface area (Å²) in [6, 6.07) is 1.77. The third-order valence-corrected chi connectivity index (χ3v) is 1.98. The maximum absolute atomic E-state index is 5.75. The van der Waals surface area contributed by atoms with E-state index in [1.807, 2.05) is 7.05 Å². The smallest absolute Gasteiger partial charge is 0.139 e. The molecule has 1 aromatic heterocycles. The highest BCUT2D eigenvalue weighted by Crippen LogP contribution is 2.15. The molecule has 0 unspecified atom stereocenters. The van der Waals surface area contributed by atoms with E-state index < -0.39 is 0 Å². The molecule has 0 atom stereocenters. The van der Waals surface area contributed by atoms with Crippen molar-refractivity contribution in [2.24, 2.45) is 0 Å². The molecule has 0 spiro atoms. The summed E-state index contributed by atoms with van der Waals surface area (Å²) in [7, 11) is 1.95. The van der Waals surface area contributed by atoms with E-state index >= 15 is 0 Å². The number of hydrogen-bond donors (Lipinski definition) is 1. The maximum Gasteiger partial charge on any atom is 0.139 e. The molecular formula is C10H15ClN2O. The molecule has 3 nitrogen and oxygen atoms in total. The summed E-state index contributed by atoms with van der Waals surface area (Å²) in [5.74, 6) is 0.738. The molecule has 1 rings (SSSR count). The predicted octanol–water partition coefficient (Wildman–Crippen LogP) is 2.11. The van der Waals surface area contributed by atoms with Gasteiger partial charge in [-0.1, -0.05) is 11.6 Å². The fourth-order valence-corrected chi connectivity index (χ4v) is 1.23. The van der Waals surface area contributed by atoms with Gasteiger partial charge in [0.15, 0.2) is 0 Å². The minimum Gasteiger partial charge on any atom is -0.492 e. The Morgan fingerprint density at radius 2 is 2.29 bits per heavy atom. The van der Waals surface area contributed by atoms with Crippen molar-refractivity contribution in [3.8, 4) is 5.75 Å². The molecule has 14 heavy (non-hydrogen) atoms. The van der Waals surface area contributed by atoms with Crippen molar-refractivity contribution >= 4 is 11.6 Å². The van der Waals surface area contributed by atoms with Gasteiger partial charge in [-0.3, -0.25) is 4.98 Å². The van der Waals surface area contributed by atoms with Gasteiger partial charge in [-0.2, -0.15) is 0 Å². The van der Waals surface area contributed by atoms with Crippen molar-refractivity contribution in [2.45, 2.75) is 12.8 Å². The number of nitrogens with one attached hydrogen (secondary N) is 1. The molecule has 1 heterocycles. The molecule has 4 heteroatoms. The Bertz CT molecular complexity index is 268. The molecular weight excluding hydrogens is 200 g/mol. The minimum absolute atomic E-state index is 0.609. The fraction of sp³-hybridized carbons (Fsp3) is 0.500. The van der Waals surface area contributed by atoms with Crippen LogP contribution >= 0.6 is 11.6 Å². The monoisotopic (exact) mass is 214 g/mol.